The summed E-state index contributed by atoms with van der Waals surface area (Å²) in [5.41, 5.74) is 0.939. The minimum absolute atomic E-state index is 0.0646. The maximum absolute atomic E-state index is 6.03. The van der Waals surface area contributed by atoms with Crippen molar-refractivity contribution in [2.45, 2.75) is 32.0 Å². The lowest BCUT2D eigenvalue weighted by Crippen LogP contribution is -2.45. The molecule has 1 aromatic heterocycles. The Bertz CT molecular complexity index is 351. The van der Waals surface area contributed by atoms with Crippen LogP contribution in [0.5, 0.6) is 0 Å². The Balaban J connectivity index is 1.94. The fourth-order valence-electron chi connectivity index (χ4n) is 1.92. The van der Waals surface area contributed by atoms with Crippen LogP contribution >= 0.6 is 11.6 Å². The molecule has 1 aliphatic heterocycles. The normalized spacial score (nSPS) is 25.6. The van der Waals surface area contributed by atoms with E-state index in [-0.39, 0.29) is 5.60 Å². The molecule has 3 nitrogen and oxygen atoms in total. The van der Waals surface area contributed by atoms with Gasteiger partial charge in [0.2, 0.25) is 0 Å². The molecule has 1 atom stereocenters. The third-order valence-electron chi connectivity index (χ3n) is 2.99. The van der Waals surface area contributed by atoms with Crippen LogP contribution in [0.1, 0.15) is 25.3 Å². The molecule has 1 saturated heterocycles. The molecule has 1 N–H and O–H groups in total. The van der Waals surface area contributed by atoms with Gasteiger partial charge in [0.05, 0.1) is 17.2 Å². The molecular formula is C12H17ClN2O. The van der Waals surface area contributed by atoms with Crippen molar-refractivity contribution in [1.29, 1.82) is 0 Å². The number of ether oxygens (including phenoxy) is 1. The molecular weight excluding hydrogens is 224 g/mol. The van der Waals surface area contributed by atoms with Gasteiger partial charge in [-0.2, -0.15) is 0 Å². The predicted octanol–water partition coefficient (Wildman–Crippen LogP) is 2.39. The zero-order valence-electron chi connectivity index (χ0n) is 9.50. The number of halogens is 1. The average Bonchev–Trinajstić information content (AvgIpc) is 2.29. The summed E-state index contributed by atoms with van der Waals surface area (Å²) in [6, 6.07) is 1.90. The Morgan fingerprint density at radius 2 is 2.50 bits per heavy atom. The monoisotopic (exact) mass is 240 g/mol. The molecule has 0 amide bonds. The lowest BCUT2D eigenvalue weighted by molar-refractivity contribution is -0.0571. The summed E-state index contributed by atoms with van der Waals surface area (Å²) >= 11 is 6.03. The minimum atomic E-state index is -0.0646. The first-order valence-electron chi connectivity index (χ1n) is 5.63. The van der Waals surface area contributed by atoms with Gasteiger partial charge in [0, 0.05) is 18.9 Å². The zero-order chi connectivity index (χ0) is 11.4. The first kappa shape index (κ1) is 11.8. The van der Waals surface area contributed by atoms with Crippen LogP contribution in [0.2, 0.25) is 5.02 Å². The molecule has 4 heteroatoms. The Morgan fingerprint density at radius 1 is 1.62 bits per heavy atom. The van der Waals surface area contributed by atoms with E-state index in [1.54, 1.807) is 12.4 Å². The van der Waals surface area contributed by atoms with Crippen molar-refractivity contribution in [2.24, 2.45) is 0 Å². The summed E-state index contributed by atoms with van der Waals surface area (Å²) in [5, 5.41) is 4.03. The van der Waals surface area contributed by atoms with Crippen molar-refractivity contribution < 1.29 is 4.74 Å². The van der Waals surface area contributed by atoms with Crippen molar-refractivity contribution in [3.63, 3.8) is 0 Å². The van der Waals surface area contributed by atoms with Gasteiger partial charge in [0.15, 0.2) is 0 Å². The van der Waals surface area contributed by atoms with Crippen LogP contribution < -0.4 is 5.32 Å². The van der Waals surface area contributed by atoms with Gasteiger partial charge in [-0.15, -0.1) is 0 Å². The minimum Gasteiger partial charge on any atom is -0.369 e. The van der Waals surface area contributed by atoms with Gasteiger partial charge in [-0.05, 0) is 37.9 Å². The van der Waals surface area contributed by atoms with Crippen molar-refractivity contribution in [2.75, 3.05) is 13.1 Å². The largest absolute Gasteiger partial charge is 0.369 e. The molecule has 0 aliphatic carbocycles. The highest BCUT2D eigenvalue weighted by Crippen LogP contribution is 2.23. The van der Waals surface area contributed by atoms with Crippen LogP contribution in [0.3, 0.4) is 0 Å². The molecule has 2 rings (SSSR count). The number of pyridine rings is 1. The molecule has 0 bridgehead atoms. The van der Waals surface area contributed by atoms with Gasteiger partial charge in [0.25, 0.3) is 0 Å². The van der Waals surface area contributed by atoms with Crippen LogP contribution in [0, 0.1) is 0 Å². The van der Waals surface area contributed by atoms with E-state index < -0.39 is 0 Å². The second-order valence-corrected chi connectivity index (χ2v) is 4.89. The van der Waals surface area contributed by atoms with E-state index in [0.29, 0.717) is 11.6 Å². The fraction of sp³-hybridized carbons (Fsp3) is 0.583. The quantitative estimate of drug-likeness (QED) is 0.881. The van der Waals surface area contributed by atoms with Crippen molar-refractivity contribution >= 4 is 11.6 Å². The van der Waals surface area contributed by atoms with Gasteiger partial charge >= 0.3 is 0 Å². The highest BCUT2D eigenvalue weighted by molar-refractivity contribution is 6.31. The molecule has 0 radical (unpaired) electrons. The first-order valence-corrected chi connectivity index (χ1v) is 6.00. The third-order valence-corrected chi connectivity index (χ3v) is 3.33. The van der Waals surface area contributed by atoms with E-state index in [4.69, 9.17) is 16.3 Å². The fourth-order valence-corrected chi connectivity index (χ4v) is 2.10. The molecule has 2 heterocycles. The topological polar surface area (TPSA) is 34.1 Å². The van der Waals surface area contributed by atoms with Gasteiger partial charge < -0.3 is 10.1 Å². The Kier molecular flexibility index (Phi) is 3.79. The second-order valence-electron chi connectivity index (χ2n) is 4.49. The van der Waals surface area contributed by atoms with E-state index in [2.05, 4.69) is 17.2 Å². The number of aromatic nitrogens is 1. The number of nitrogens with one attached hydrogen (secondary N) is 1. The van der Waals surface area contributed by atoms with Gasteiger partial charge in [-0.3, -0.25) is 4.98 Å². The molecule has 0 saturated carbocycles. The standard InChI is InChI=1S/C12H17ClN2O/c1-12(4-2-5-15-9-12)16-8-10-3-6-14-7-11(10)13/h3,6-7,15H,2,4-5,8-9H2,1H3. The maximum Gasteiger partial charge on any atom is 0.0783 e. The zero-order valence-corrected chi connectivity index (χ0v) is 10.3. The lowest BCUT2D eigenvalue weighted by Gasteiger charge is -2.34. The van der Waals surface area contributed by atoms with Gasteiger partial charge in [0.1, 0.15) is 0 Å². The SMILES string of the molecule is CC1(OCc2ccncc2Cl)CCCNC1. The summed E-state index contributed by atoms with van der Waals surface area (Å²) in [6.45, 7) is 4.71. The average molecular weight is 241 g/mol. The smallest absolute Gasteiger partial charge is 0.0783 e. The van der Waals surface area contributed by atoms with Gasteiger partial charge in [-0.1, -0.05) is 11.6 Å². The molecule has 88 valence electrons. The highest BCUT2D eigenvalue weighted by atomic mass is 35.5. The van der Waals surface area contributed by atoms with Crippen LogP contribution in [0.15, 0.2) is 18.5 Å². The molecule has 0 aromatic carbocycles. The van der Waals surface area contributed by atoms with Crippen molar-refractivity contribution in [1.82, 2.24) is 10.3 Å². The number of piperidine rings is 1. The molecule has 1 aliphatic rings. The van der Waals surface area contributed by atoms with E-state index in [1.807, 2.05) is 6.07 Å². The molecule has 0 spiro atoms. The number of hydrogen-bond donors (Lipinski definition) is 1. The summed E-state index contributed by atoms with van der Waals surface area (Å²) in [4.78, 5) is 3.96. The summed E-state index contributed by atoms with van der Waals surface area (Å²) in [6.07, 6.45) is 5.66. The van der Waals surface area contributed by atoms with Crippen molar-refractivity contribution in [3.8, 4) is 0 Å². The lowest BCUT2D eigenvalue weighted by atomic mass is 9.96. The summed E-state index contributed by atoms with van der Waals surface area (Å²) in [5.74, 6) is 0. The highest BCUT2D eigenvalue weighted by Gasteiger charge is 2.27. The first-order chi connectivity index (χ1) is 7.70. The van der Waals surface area contributed by atoms with E-state index in [9.17, 15) is 0 Å². The summed E-state index contributed by atoms with van der Waals surface area (Å²) < 4.78 is 5.96. The second kappa shape index (κ2) is 5.13. The van der Waals surface area contributed by atoms with Crippen LogP contribution in [0.25, 0.3) is 0 Å². The van der Waals surface area contributed by atoms with E-state index >= 15 is 0 Å². The predicted molar refractivity (Wildman–Crippen MR) is 64.5 cm³/mol. The molecule has 16 heavy (non-hydrogen) atoms. The molecule has 1 unspecified atom stereocenters. The van der Waals surface area contributed by atoms with E-state index in [0.717, 1.165) is 25.1 Å². The van der Waals surface area contributed by atoms with Crippen LogP contribution in [-0.2, 0) is 11.3 Å². The Hall–Kier alpha value is -0.640. The maximum atomic E-state index is 6.03. The van der Waals surface area contributed by atoms with Gasteiger partial charge in [-0.25, -0.2) is 0 Å². The summed E-state index contributed by atoms with van der Waals surface area (Å²) in [7, 11) is 0. The number of nitrogens with zero attached hydrogens (tertiary/aromatic N) is 1. The molecule has 1 fully saturated rings. The Morgan fingerprint density at radius 3 is 3.19 bits per heavy atom. The van der Waals surface area contributed by atoms with Crippen molar-refractivity contribution in [3.05, 3.63) is 29.0 Å². The molecule has 1 aromatic rings. The number of hydrogen-bond acceptors (Lipinski definition) is 3. The number of rotatable bonds is 3. The van der Waals surface area contributed by atoms with E-state index in [1.165, 1.54) is 6.42 Å². The Labute approximate surface area is 101 Å². The van der Waals surface area contributed by atoms with Crippen LogP contribution in [0.4, 0.5) is 0 Å². The third kappa shape index (κ3) is 2.94. The van der Waals surface area contributed by atoms with Crippen LogP contribution in [-0.4, -0.2) is 23.7 Å².